The molecular formula is C65H109FN4O17. The predicted molar refractivity (Wildman–Crippen MR) is 321 cm³/mol. The molecule has 0 bridgehead atoms. The lowest BCUT2D eigenvalue weighted by Crippen LogP contribution is -2.70. The van der Waals surface area contributed by atoms with Gasteiger partial charge in [-0.2, -0.15) is 0 Å². The number of cyclic esters (lactones) is 1. The summed E-state index contributed by atoms with van der Waals surface area (Å²) in [6.45, 7) is 25.9. The van der Waals surface area contributed by atoms with Gasteiger partial charge in [-0.05, 0) is 164 Å². The third kappa shape index (κ3) is 13.4. The first-order valence-corrected chi connectivity index (χ1v) is 32.3. The van der Waals surface area contributed by atoms with Crippen molar-refractivity contribution in [1.29, 1.82) is 0 Å². The van der Waals surface area contributed by atoms with Gasteiger partial charge in [0.25, 0.3) is 5.91 Å². The summed E-state index contributed by atoms with van der Waals surface area (Å²) < 4.78 is 62.4. The molecule has 4 aliphatic carbocycles. The Morgan fingerprint density at radius 3 is 2.16 bits per heavy atom. The maximum absolute atomic E-state index is 17.8. The SMILES string of the molecule is CC[C@H]1OC(=O)[C@H](C)[C@@H](O[C@H]2C[C@@](C)(OC)[C@@H](O)[C@H](C)O2)[C@H](C)[C@@H](O[C@@H]2O[C@H](C)C[C@H](N(C)CC)[C@H]2O)[C@](C)(O)C[C@@H](C)CN(C)[C@H](C)C(OC(=O)NCCCCNC(=O)[C@@]2(O)[C@H](C)CC3C4CCC5=CC(=O)C=C[C@]5(C)[C@@]4(F)[C@@H](O)C[C@@]32C)[C@]1(C)O. The van der Waals surface area contributed by atoms with Gasteiger partial charge in [-0.3, -0.25) is 19.3 Å². The number of hydrogen-bond donors (Lipinski definition) is 8. The first-order chi connectivity index (χ1) is 40.4. The Labute approximate surface area is 516 Å². The number of rotatable bonds is 15. The van der Waals surface area contributed by atoms with Crippen LogP contribution in [0, 0.1) is 46.3 Å². The van der Waals surface area contributed by atoms with Crippen molar-refractivity contribution < 1.29 is 87.4 Å². The van der Waals surface area contributed by atoms with Crippen molar-refractivity contribution >= 4 is 23.8 Å². The summed E-state index contributed by atoms with van der Waals surface area (Å²) in [4.78, 5) is 59.4. The lowest BCUT2D eigenvalue weighted by Gasteiger charge is -2.62. The number of alkyl halides is 1. The molecule has 21 nitrogen and oxygen atoms in total. The fourth-order valence-electron chi connectivity index (χ4n) is 17.1. The number of fused-ring (bicyclic) bond motifs is 5. The second-order valence-corrected chi connectivity index (χ2v) is 28.7. The number of carbonyl (C=O) groups is 4. The molecule has 7 rings (SSSR count). The van der Waals surface area contributed by atoms with E-state index in [0.29, 0.717) is 57.2 Å². The third-order valence-corrected chi connectivity index (χ3v) is 22.5. The number of aliphatic hydroxyl groups excluding tert-OH is 3. The maximum atomic E-state index is 17.8. The Balaban J connectivity index is 1.06. The topological polar surface area (TPSA) is 285 Å². The van der Waals surface area contributed by atoms with E-state index in [9.17, 15) is 49.8 Å². The minimum absolute atomic E-state index is 0.0604. The smallest absolute Gasteiger partial charge is 0.407 e. The highest BCUT2D eigenvalue weighted by Crippen LogP contribution is 2.70. The molecule has 26 atom stereocenters. The summed E-state index contributed by atoms with van der Waals surface area (Å²) in [5.41, 5.74) is -10.5. The molecule has 0 spiro atoms. The van der Waals surface area contributed by atoms with E-state index < -0.39 is 154 Å². The van der Waals surface area contributed by atoms with E-state index in [2.05, 4.69) is 10.6 Å². The second-order valence-electron chi connectivity index (χ2n) is 28.7. The minimum atomic E-state index is -2.10. The molecule has 87 heavy (non-hydrogen) atoms. The average Bonchev–Trinajstić information content (AvgIpc) is 1.64. The third-order valence-electron chi connectivity index (χ3n) is 22.5. The Morgan fingerprint density at radius 1 is 0.874 bits per heavy atom. The number of amides is 2. The maximum Gasteiger partial charge on any atom is 0.407 e. The van der Waals surface area contributed by atoms with Crippen molar-refractivity contribution in [1.82, 2.24) is 20.4 Å². The van der Waals surface area contributed by atoms with Crippen LogP contribution in [-0.4, -0.2) is 219 Å². The predicted octanol–water partition coefficient (Wildman–Crippen LogP) is 5.27. The molecule has 0 aromatic carbocycles. The number of halogens is 1. The first kappa shape index (κ1) is 71.2. The number of likely N-dealkylation sites (N-methyl/N-ethyl adjacent to an activating group) is 2. The number of hydrogen-bond acceptors (Lipinski definition) is 19. The quantitative estimate of drug-likeness (QED) is 0.0766. The van der Waals surface area contributed by atoms with Crippen molar-refractivity contribution in [2.75, 3.05) is 47.4 Å². The van der Waals surface area contributed by atoms with Crippen LogP contribution in [-0.2, 0) is 47.5 Å². The number of methoxy groups -OCH3 is 1. The number of nitrogens with one attached hydrogen (secondary N) is 2. The summed E-state index contributed by atoms with van der Waals surface area (Å²) in [6.07, 6.45) is -5.64. The molecule has 0 aromatic heterocycles. The lowest BCUT2D eigenvalue weighted by molar-refractivity contribution is -0.318. The number of nitrogens with zero attached hydrogens (tertiary/aromatic N) is 2. The zero-order valence-electron chi connectivity index (χ0n) is 55.0. The van der Waals surface area contributed by atoms with Gasteiger partial charge in [0.05, 0.1) is 47.6 Å². The number of ether oxygens (including phenoxy) is 7. The van der Waals surface area contributed by atoms with Crippen molar-refractivity contribution in [2.45, 2.75) is 269 Å². The summed E-state index contributed by atoms with van der Waals surface area (Å²) in [6, 6.07) is -1.05. The summed E-state index contributed by atoms with van der Waals surface area (Å²) in [5, 5.41) is 78.8. The Bertz CT molecular complexity index is 2490. The van der Waals surface area contributed by atoms with Crippen LogP contribution in [0.2, 0.25) is 0 Å². The van der Waals surface area contributed by atoms with Gasteiger partial charge >= 0.3 is 12.1 Å². The number of ketones is 1. The molecule has 3 saturated heterocycles. The fourth-order valence-corrected chi connectivity index (χ4v) is 17.1. The Morgan fingerprint density at radius 2 is 1.53 bits per heavy atom. The molecule has 22 heteroatoms. The monoisotopic (exact) mass is 1240 g/mol. The molecule has 3 aliphatic heterocycles. The first-order valence-electron chi connectivity index (χ1n) is 32.3. The molecule has 3 saturated carbocycles. The molecule has 3 heterocycles. The fraction of sp³-hybridized carbons (Fsp3) is 0.877. The van der Waals surface area contributed by atoms with Gasteiger partial charge in [-0.1, -0.05) is 53.2 Å². The Kier molecular flexibility index (Phi) is 22.2. The van der Waals surface area contributed by atoms with E-state index in [1.165, 1.54) is 26.2 Å². The molecular weight excluding hydrogens is 1130 g/mol. The molecule has 6 fully saturated rings. The highest BCUT2D eigenvalue weighted by Gasteiger charge is 2.76. The van der Waals surface area contributed by atoms with Crippen LogP contribution in [0.4, 0.5) is 9.18 Å². The van der Waals surface area contributed by atoms with Crippen LogP contribution in [0.3, 0.4) is 0 Å². The Hall–Kier alpha value is -3.23. The summed E-state index contributed by atoms with van der Waals surface area (Å²) in [7, 11) is 5.22. The van der Waals surface area contributed by atoms with Crippen LogP contribution in [0.5, 0.6) is 0 Å². The largest absolute Gasteiger partial charge is 0.459 e. The van der Waals surface area contributed by atoms with Gasteiger partial charge in [0.1, 0.15) is 23.9 Å². The van der Waals surface area contributed by atoms with Crippen LogP contribution < -0.4 is 10.6 Å². The highest BCUT2D eigenvalue weighted by atomic mass is 19.1. The molecule has 2 amide bonds. The molecule has 498 valence electrons. The van der Waals surface area contributed by atoms with Crippen molar-refractivity contribution in [3.05, 3.63) is 23.8 Å². The number of unbranched alkanes of at least 4 members (excludes halogenated alkanes) is 1. The van der Waals surface area contributed by atoms with E-state index in [0.717, 1.165) is 0 Å². The molecule has 3 unspecified atom stereocenters. The van der Waals surface area contributed by atoms with E-state index in [4.69, 9.17) is 33.2 Å². The lowest BCUT2D eigenvalue weighted by atomic mass is 9.44. The van der Waals surface area contributed by atoms with E-state index in [1.807, 2.05) is 44.7 Å². The van der Waals surface area contributed by atoms with Crippen LogP contribution >= 0.6 is 0 Å². The number of allylic oxidation sites excluding steroid dienone is 4. The number of carbonyl (C=O) groups excluding carboxylic acids is 4. The number of esters is 1. The van der Waals surface area contributed by atoms with E-state index in [-0.39, 0.29) is 62.6 Å². The van der Waals surface area contributed by atoms with Gasteiger partial charge in [-0.15, -0.1) is 0 Å². The van der Waals surface area contributed by atoms with Gasteiger partial charge in [-0.25, -0.2) is 9.18 Å². The van der Waals surface area contributed by atoms with E-state index >= 15 is 4.39 Å². The minimum Gasteiger partial charge on any atom is -0.459 e. The normalized spacial score (nSPS) is 47.6. The molecule has 8 N–H and O–H groups in total. The summed E-state index contributed by atoms with van der Waals surface area (Å²) in [5.74, 6) is -5.55. The molecule has 0 aromatic rings. The number of aliphatic hydroxyl groups is 6. The van der Waals surface area contributed by atoms with Crippen molar-refractivity contribution in [3.63, 3.8) is 0 Å². The molecule has 0 radical (unpaired) electrons. The summed E-state index contributed by atoms with van der Waals surface area (Å²) >= 11 is 0. The zero-order valence-corrected chi connectivity index (χ0v) is 55.0. The van der Waals surface area contributed by atoms with Crippen molar-refractivity contribution in [3.8, 4) is 0 Å². The zero-order chi connectivity index (χ0) is 64.9. The van der Waals surface area contributed by atoms with Gasteiger partial charge in [0.2, 0.25) is 0 Å². The average molecular weight is 1240 g/mol. The van der Waals surface area contributed by atoms with Gasteiger partial charge in [0.15, 0.2) is 35.7 Å². The van der Waals surface area contributed by atoms with Crippen LogP contribution in [0.1, 0.15) is 161 Å². The number of alkyl carbamates (subject to hydrolysis) is 1. The van der Waals surface area contributed by atoms with Crippen LogP contribution in [0.25, 0.3) is 0 Å². The van der Waals surface area contributed by atoms with Crippen molar-refractivity contribution in [2.24, 2.45) is 46.3 Å². The standard InChI is InChI=1S/C65H109FN4O17/c1-18-48-63(14,79)54(87-58(77)68-27-21-20-26-67-57(76)65(80)36(4)28-45-44-23-22-42-30-43(71)24-25-59(42,10)64(44,66)47(72)32-60(45,65)11)40(8)70(16)34-35(3)31-61(12,78)53(86-56-50(73)46(69(15)19-2)29-37(5)82-56)38(6)51(39(7)55(75)84-48)85-49-33-62(13,81-17)52(74)41(9)83-49/h24-25,30,35-41,44-54,56,72-74,78-80H,18-23,26-29,31-34H2,1-17H3,(H,67,76)(H,68,77)/t35-,36-,37-,38+,39-,40-,41+,44?,45?,46+,47+,48-,49+,50-,51+,52+,53-,54?,56+,59+,60+,61-,62-,63-,64+,65+/m1/s1. The van der Waals surface area contributed by atoms with Gasteiger partial charge in [0, 0.05) is 67.9 Å². The molecule has 7 aliphatic rings. The van der Waals surface area contributed by atoms with Gasteiger partial charge < -0.3 is 79.3 Å². The van der Waals surface area contributed by atoms with E-state index in [1.54, 1.807) is 75.3 Å². The second kappa shape index (κ2) is 27.2. The van der Waals surface area contributed by atoms with Crippen LogP contribution in [0.15, 0.2) is 23.8 Å². The highest BCUT2D eigenvalue weighted by molar-refractivity contribution is 6.01.